The van der Waals surface area contributed by atoms with Crippen molar-refractivity contribution in [3.8, 4) is 0 Å². The highest BCUT2D eigenvalue weighted by Gasteiger charge is 2.57. The number of nitrogen functional groups attached to an aromatic ring is 1. The molecule has 1 aliphatic rings. The van der Waals surface area contributed by atoms with Crippen LogP contribution in [0.25, 0.3) is 11.0 Å². The second-order valence-electron chi connectivity index (χ2n) is 4.83. The van der Waals surface area contributed by atoms with E-state index in [-0.39, 0.29) is 5.82 Å². The van der Waals surface area contributed by atoms with Crippen LogP contribution in [0.1, 0.15) is 6.23 Å². The Morgan fingerprint density at radius 2 is 2.29 bits per heavy atom. The van der Waals surface area contributed by atoms with Crippen LogP contribution in [0.4, 0.5) is 5.82 Å². The Morgan fingerprint density at radius 1 is 1.52 bits per heavy atom. The van der Waals surface area contributed by atoms with Crippen LogP contribution < -0.4 is 5.73 Å². The number of hydrogen-bond acceptors (Lipinski definition) is 8. The average Bonchev–Trinajstić information content (AvgIpc) is 3.01. The lowest BCUT2D eigenvalue weighted by molar-refractivity contribution is -0.264. The minimum absolute atomic E-state index is 0.289. The Hall–Kier alpha value is -1.78. The number of fused-ring (bicyclic) bond motifs is 1. The average molecular weight is 296 g/mol. The van der Waals surface area contributed by atoms with Gasteiger partial charge in [0.2, 0.25) is 5.79 Å². The molecule has 0 aliphatic carbocycles. The fourth-order valence-corrected chi connectivity index (χ4v) is 2.56. The predicted octanol–water partition coefficient (Wildman–Crippen LogP) is -1.40. The van der Waals surface area contributed by atoms with E-state index in [0.29, 0.717) is 11.0 Å². The number of aromatic nitrogens is 3. The van der Waals surface area contributed by atoms with Gasteiger partial charge < -0.3 is 35.1 Å². The van der Waals surface area contributed by atoms with Crippen molar-refractivity contribution in [2.45, 2.75) is 24.2 Å². The van der Waals surface area contributed by atoms with Gasteiger partial charge in [0.1, 0.15) is 30.0 Å². The lowest BCUT2D eigenvalue weighted by atomic mass is 10.1. The summed E-state index contributed by atoms with van der Waals surface area (Å²) in [7, 11) is 1.24. The first-order valence-electron chi connectivity index (χ1n) is 6.32. The van der Waals surface area contributed by atoms with E-state index < -0.39 is 30.8 Å². The van der Waals surface area contributed by atoms with Gasteiger partial charge >= 0.3 is 0 Å². The fourth-order valence-electron chi connectivity index (χ4n) is 2.56. The quantitative estimate of drug-likeness (QED) is 0.508. The van der Waals surface area contributed by atoms with Crippen molar-refractivity contribution >= 4 is 16.9 Å². The van der Waals surface area contributed by atoms with Crippen molar-refractivity contribution in [3.63, 3.8) is 0 Å². The molecule has 0 bridgehead atoms. The summed E-state index contributed by atoms with van der Waals surface area (Å²) in [4.78, 5) is 7.98. The van der Waals surface area contributed by atoms with Gasteiger partial charge in [-0.15, -0.1) is 0 Å². The third kappa shape index (κ3) is 1.90. The van der Waals surface area contributed by atoms with Crippen molar-refractivity contribution in [1.29, 1.82) is 0 Å². The van der Waals surface area contributed by atoms with Gasteiger partial charge in [-0.05, 0) is 6.07 Å². The van der Waals surface area contributed by atoms with Crippen LogP contribution in [0, 0.1) is 0 Å². The summed E-state index contributed by atoms with van der Waals surface area (Å²) < 4.78 is 12.0. The molecule has 0 saturated carbocycles. The molecule has 1 unspecified atom stereocenters. The smallest absolute Gasteiger partial charge is 0.241 e. The van der Waals surface area contributed by atoms with Crippen LogP contribution >= 0.6 is 0 Å². The zero-order chi connectivity index (χ0) is 15.2. The van der Waals surface area contributed by atoms with Gasteiger partial charge in [-0.3, -0.25) is 0 Å². The number of anilines is 1. The van der Waals surface area contributed by atoms with Gasteiger partial charge in [-0.1, -0.05) is 0 Å². The number of nitrogens with two attached hydrogens (primary N) is 1. The molecule has 0 aromatic carbocycles. The molecule has 1 saturated heterocycles. The lowest BCUT2D eigenvalue weighted by Crippen LogP contribution is -2.48. The van der Waals surface area contributed by atoms with Crippen molar-refractivity contribution < 1.29 is 24.8 Å². The van der Waals surface area contributed by atoms with Crippen LogP contribution in [0.3, 0.4) is 0 Å². The SMILES string of the molecule is CO[C@@]1(O)C(n2ccc3c(N)ncnc32)O[C@H](CO)[C@H]1O. The van der Waals surface area contributed by atoms with Crippen LogP contribution in [0.5, 0.6) is 0 Å². The zero-order valence-electron chi connectivity index (χ0n) is 11.2. The molecule has 3 heterocycles. The predicted molar refractivity (Wildman–Crippen MR) is 70.9 cm³/mol. The van der Waals surface area contributed by atoms with Crippen LogP contribution in [-0.2, 0) is 9.47 Å². The molecule has 3 rings (SSSR count). The summed E-state index contributed by atoms with van der Waals surface area (Å²) >= 11 is 0. The molecular formula is C12H16N4O5. The maximum absolute atomic E-state index is 10.5. The van der Waals surface area contributed by atoms with Crippen molar-refractivity contribution in [3.05, 3.63) is 18.6 Å². The Labute approximate surface area is 119 Å². The molecule has 5 N–H and O–H groups in total. The highest BCUT2D eigenvalue weighted by atomic mass is 16.7. The molecule has 0 radical (unpaired) electrons. The van der Waals surface area contributed by atoms with Crippen LogP contribution in [0.15, 0.2) is 18.6 Å². The van der Waals surface area contributed by atoms with Crippen LogP contribution in [0.2, 0.25) is 0 Å². The summed E-state index contributed by atoms with van der Waals surface area (Å²) in [6.07, 6.45) is -0.585. The second kappa shape index (κ2) is 4.90. The number of methoxy groups -OCH3 is 1. The highest BCUT2D eigenvalue weighted by molar-refractivity contribution is 5.86. The van der Waals surface area contributed by atoms with Crippen molar-refractivity contribution in [2.75, 3.05) is 19.5 Å². The Kier molecular flexibility index (Phi) is 3.30. The molecule has 9 nitrogen and oxygen atoms in total. The molecule has 0 amide bonds. The van der Waals surface area contributed by atoms with E-state index in [0.717, 1.165) is 0 Å². The maximum atomic E-state index is 10.5. The molecule has 9 heteroatoms. The number of aliphatic hydroxyl groups excluding tert-OH is 2. The Morgan fingerprint density at radius 3 is 2.95 bits per heavy atom. The van der Waals surface area contributed by atoms with E-state index in [1.54, 1.807) is 12.3 Å². The highest BCUT2D eigenvalue weighted by Crippen LogP contribution is 2.40. The third-order valence-corrected chi connectivity index (χ3v) is 3.73. The second-order valence-corrected chi connectivity index (χ2v) is 4.83. The minimum Gasteiger partial charge on any atom is -0.394 e. The maximum Gasteiger partial charge on any atom is 0.241 e. The Bertz CT molecular complexity index is 662. The zero-order valence-corrected chi connectivity index (χ0v) is 11.2. The minimum atomic E-state index is -2.01. The molecule has 2 aromatic rings. The summed E-state index contributed by atoms with van der Waals surface area (Å²) in [5.74, 6) is -1.73. The van der Waals surface area contributed by atoms with Gasteiger partial charge in [0.15, 0.2) is 6.23 Å². The van der Waals surface area contributed by atoms with Gasteiger partial charge in [0, 0.05) is 13.3 Å². The standard InChI is InChI=1S/C12H16N4O5/c1-20-12(19)8(18)7(4-17)21-11(12)16-3-2-6-9(13)14-5-15-10(6)16/h2-3,5,7-8,11,17-19H,4H2,1H3,(H2,13,14,15)/t7-,8-,11?,12-/m1/s1. The fraction of sp³-hybridized carbons (Fsp3) is 0.500. The van der Waals surface area contributed by atoms with Crippen molar-refractivity contribution in [1.82, 2.24) is 14.5 Å². The number of ether oxygens (including phenoxy) is 2. The number of nitrogens with zero attached hydrogens (tertiary/aromatic N) is 3. The first-order valence-corrected chi connectivity index (χ1v) is 6.32. The summed E-state index contributed by atoms with van der Waals surface area (Å²) in [5.41, 5.74) is 6.19. The third-order valence-electron chi connectivity index (χ3n) is 3.73. The van der Waals surface area contributed by atoms with E-state index in [1.807, 2.05) is 0 Å². The van der Waals surface area contributed by atoms with Gasteiger partial charge in [-0.2, -0.15) is 0 Å². The normalized spacial score (nSPS) is 32.9. The van der Waals surface area contributed by atoms with Gasteiger partial charge in [0.25, 0.3) is 0 Å². The number of hydrogen-bond donors (Lipinski definition) is 4. The lowest BCUT2D eigenvalue weighted by Gasteiger charge is -2.30. The van der Waals surface area contributed by atoms with E-state index in [9.17, 15) is 15.3 Å². The largest absolute Gasteiger partial charge is 0.394 e. The topological polar surface area (TPSA) is 136 Å². The molecule has 21 heavy (non-hydrogen) atoms. The molecule has 1 fully saturated rings. The van der Waals surface area contributed by atoms with E-state index in [2.05, 4.69) is 9.97 Å². The summed E-state index contributed by atoms with van der Waals surface area (Å²) in [6, 6.07) is 1.67. The summed E-state index contributed by atoms with van der Waals surface area (Å²) in [6.45, 7) is -0.459. The number of aliphatic hydroxyl groups is 3. The van der Waals surface area contributed by atoms with E-state index in [1.165, 1.54) is 18.0 Å². The molecular weight excluding hydrogens is 280 g/mol. The monoisotopic (exact) mass is 296 g/mol. The first kappa shape index (κ1) is 14.2. The number of rotatable bonds is 3. The molecule has 1 aliphatic heterocycles. The van der Waals surface area contributed by atoms with Gasteiger partial charge in [-0.25, -0.2) is 9.97 Å². The molecule has 2 aromatic heterocycles. The summed E-state index contributed by atoms with van der Waals surface area (Å²) in [5, 5.41) is 30.4. The molecule has 114 valence electrons. The van der Waals surface area contributed by atoms with E-state index in [4.69, 9.17) is 15.2 Å². The Balaban J connectivity index is 2.11. The van der Waals surface area contributed by atoms with Crippen LogP contribution in [-0.4, -0.2) is 61.6 Å². The first-order chi connectivity index (χ1) is 10.0. The molecule has 4 atom stereocenters. The van der Waals surface area contributed by atoms with Crippen molar-refractivity contribution in [2.24, 2.45) is 0 Å². The molecule has 0 spiro atoms. The van der Waals surface area contributed by atoms with Gasteiger partial charge in [0.05, 0.1) is 12.0 Å². The van der Waals surface area contributed by atoms with E-state index >= 15 is 0 Å².